The molecule has 144 valence electrons. The van der Waals surface area contributed by atoms with Crippen LogP contribution in [0.2, 0.25) is 0 Å². The summed E-state index contributed by atoms with van der Waals surface area (Å²) >= 11 is 0. The summed E-state index contributed by atoms with van der Waals surface area (Å²) in [6, 6.07) is 18.6. The molecule has 1 amide bonds. The van der Waals surface area contributed by atoms with Gasteiger partial charge in [-0.3, -0.25) is 4.79 Å². The quantitative estimate of drug-likeness (QED) is 0.874. The van der Waals surface area contributed by atoms with Gasteiger partial charge in [0.15, 0.2) is 0 Å². The minimum absolute atomic E-state index is 0.0391. The van der Waals surface area contributed by atoms with Gasteiger partial charge in [0.2, 0.25) is 0 Å². The Morgan fingerprint density at radius 2 is 1.81 bits per heavy atom. The number of nitrogens with zero attached hydrogens (tertiary/aromatic N) is 2. The van der Waals surface area contributed by atoms with Crippen molar-refractivity contribution in [3.63, 3.8) is 0 Å². The van der Waals surface area contributed by atoms with E-state index in [1.54, 1.807) is 0 Å². The summed E-state index contributed by atoms with van der Waals surface area (Å²) in [4.78, 5) is 17.2. The van der Waals surface area contributed by atoms with E-state index in [9.17, 15) is 4.79 Å². The van der Waals surface area contributed by atoms with Crippen molar-refractivity contribution < 1.29 is 4.79 Å². The first kappa shape index (κ1) is 19.4. The minimum Gasteiger partial charge on any atom is -0.367 e. The first-order valence-corrected chi connectivity index (χ1v) is 9.84. The number of amides is 1. The maximum absolute atomic E-state index is 12.9. The predicted molar refractivity (Wildman–Crippen MR) is 112 cm³/mol. The van der Waals surface area contributed by atoms with Crippen molar-refractivity contribution >= 4 is 11.6 Å². The Labute approximate surface area is 163 Å². The van der Waals surface area contributed by atoms with E-state index in [-0.39, 0.29) is 17.4 Å². The van der Waals surface area contributed by atoms with Gasteiger partial charge in [0.05, 0.1) is 0 Å². The summed E-state index contributed by atoms with van der Waals surface area (Å²) < 4.78 is 0. The maximum atomic E-state index is 12.9. The third-order valence-electron chi connectivity index (χ3n) is 5.68. The Bertz CT molecular complexity index is 755. The van der Waals surface area contributed by atoms with Gasteiger partial charge < -0.3 is 15.5 Å². The number of anilines is 1. The Kier molecular flexibility index (Phi) is 5.85. The highest BCUT2D eigenvalue weighted by Gasteiger charge is 2.35. The number of carbonyl (C=O) groups excluding carboxylic acids is 1. The predicted octanol–water partition coefficient (Wildman–Crippen LogP) is 3.91. The second-order valence-corrected chi connectivity index (χ2v) is 8.16. The van der Waals surface area contributed by atoms with E-state index in [4.69, 9.17) is 5.73 Å². The van der Waals surface area contributed by atoms with Crippen molar-refractivity contribution in [1.29, 1.82) is 0 Å². The Hall–Kier alpha value is -2.33. The maximum Gasteiger partial charge on any atom is 0.253 e. The Balaban J connectivity index is 1.70. The molecule has 1 atom stereocenters. The summed E-state index contributed by atoms with van der Waals surface area (Å²) in [5, 5.41) is 0. The van der Waals surface area contributed by atoms with Crippen molar-refractivity contribution in [3.05, 3.63) is 65.7 Å². The van der Waals surface area contributed by atoms with Gasteiger partial charge in [0.25, 0.3) is 5.91 Å². The number of carbonyl (C=O) groups is 1. The minimum atomic E-state index is -0.0391. The lowest BCUT2D eigenvalue weighted by molar-refractivity contribution is 0.0533. The van der Waals surface area contributed by atoms with Gasteiger partial charge in [-0.15, -0.1) is 0 Å². The molecule has 1 aliphatic heterocycles. The number of rotatable bonds is 5. The van der Waals surface area contributed by atoms with Crippen LogP contribution in [0.1, 0.15) is 43.1 Å². The molecule has 4 nitrogen and oxygen atoms in total. The van der Waals surface area contributed by atoms with Crippen LogP contribution in [0.15, 0.2) is 54.6 Å². The fraction of sp³-hybridized carbons (Fsp3) is 0.435. The van der Waals surface area contributed by atoms with Gasteiger partial charge in [0, 0.05) is 43.5 Å². The summed E-state index contributed by atoms with van der Waals surface area (Å²) in [7, 11) is 0. The molecule has 0 bridgehead atoms. The molecule has 2 aromatic rings. The Morgan fingerprint density at radius 1 is 1.15 bits per heavy atom. The second-order valence-electron chi connectivity index (χ2n) is 8.16. The van der Waals surface area contributed by atoms with Crippen LogP contribution in [-0.2, 0) is 6.54 Å². The molecular weight excluding hydrogens is 334 g/mol. The van der Waals surface area contributed by atoms with Gasteiger partial charge in [-0.1, -0.05) is 44.2 Å². The van der Waals surface area contributed by atoms with E-state index < -0.39 is 0 Å². The zero-order valence-corrected chi connectivity index (χ0v) is 16.7. The number of benzene rings is 2. The van der Waals surface area contributed by atoms with Crippen LogP contribution in [0.3, 0.4) is 0 Å². The fourth-order valence-corrected chi connectivity index (χ4v) is 3.73. The topological polar surface area (TPSA) is 49.6 Å². The van der Waals surface area contributed by atoms with E-state index in [1.165, 1.54) is 5.56 Å². The van der Waals surface area contributed by atoms with Gasteiger partial charge in [-0.25, -0.2) is 0 Å². The fourth-order valence-electron chi connectivity index (χ4n) is 3.73. The molecule has 0 radical (unpaired) electrons. The van der Waals surface area contributed by atoms with E-state index in [0.717, 1.165) is 37.3 Å². The summed E-state index contributed by atoms with van der Waals surface area (Å²) in [5.41, 5.74) is 9.33. The monoisotopic (exact) mass is 365 g/mol. The zero-order valence-electron chi connectivity index (χ0n) is 16.7. The van der Waals surface area contributed by atoms with Crippen LogP contribution in [0.4, 0.5) is 5.69 Å². The first-order valence-electron chi connectivity index (χ1n) is 9.84. The lowest BCUT2D eigenvalue weighted by atomic mass is 9.79. The average molecular weight is 366 g/mol. The van der Waals surface area contributed by atoms with Crippen LogP contribution in [-0.4, -0.2) is 36.5 Å². The number of nitrogens with two attached hydrogens (primary N) is 1. The second kappa shape index (κ2) is 8.13. The zero-order chi connectivity index (χ0) is 19.4. The molecular formula is C23H31N3O. The highest BCUT2D eigenvalue weighted by Crippen LogP contribution is 2.29. The smallest absolute Gasteiger partial charge is 0.253 e. The van der Waals surface area contributed by atoms with Crippen molar-refractivity contribution in [3.8, 4) is 0 Å². The molecule has 1 heterocycles. The molecule has 1 unspecified atom stereocenters. The third-order valence-corrected chi connectivity index (χ3v) is 5.68. The molecule has 0 aromatic heterocycles. The van der Waals surface area contributed by atoms with E-state index in [0.29, 0.717) is 6.54 Å². The molecule has 0 aliphatic carbocycles. The van der Waals surface area contributed by atoms with E-state index in [2.05, 4.69) is 62.1 Å². The molecule has 27 heavy (non-hydrogen) atoms. The highest BCUT2D eigenvalue weighted by molar-refractivity contribution is 5.94. The normalized spacial score (nSPS) is 19.0. The molecule has 3 rings (SSSR count). The lowest BCUT2D eigenvalue weighted by Gasteiger charge is -2.42. The van der Waals surface area contributed by atoms with Gasteiger partial charge in [-0.05, 0) is 48.6 Å². The summed E-state index contributed by atoms with van der Waals surface area (Å²) in [5.74, 6) is 0.104. The Morgan fingerprint density at radius 3 is 2.41 bits per heavy atom. The van der Waals surface area contributed by atoms with Crippen molar-refractivity contribution in [2.75, 3.05) is 24.5 Å². The van der Waals surface area contributed by atoms with Crippen LogP contribution < -0.4 is 10.6 Å². The van der Waals surface area contributed by atoms with Gasteiger partial charge in [-0.2, -0.15) is 0 Å². The van der Waals surface area contributed by atoms with E-state index in [1.807, 2.05) is 23.1 Å². The number of hydrogen-bond donors (Lipinski definition) is 1. The summed E-state index contributed by atoms with van der Waals surface area (Å²) in [6.07, 6.45) is 0.859. The molecule has 4 heteroatoms. The highest BCUT2D eigenvalue weighted by atomic mass is 16.2. The number of likely N-dealkylation sites (tertiary alicyclic amines) is 1. The molecule has 2 aromatic carbocycles. The first-order chi connectivity index (χ1) is 12.9. The lowest BCUT2D eigenvalue weighted by Crippen LogP contribution is -2.53. The summed E-state index contributed by atoms with van der Waals surface area (Å²) in [6.45, 7) is 9.67. The average Bonchev–Trinajstić information content (AvgIpc) is 2.68. The number of piperidine rings is 1. The number of hydrogen-bond acceptors (Lipinski definition) is 3. The molecule has 2 N–H and O–H groups in total. The van der Waals surface area contributed by atoms with Gasteiger partial charge in [0.1, 0.15) is 0 Å². The molecule has 0 spiro atoms. The standard InChI is InChI=1S/C23H31N3O/c1-4-25(16-18-8-6-5-7-9-18)20-12-10-19(11-13-20)22(27)26-15-14-21(24)23(2,3)17-26/h5-13,21H,4,14-17,24H2,1-3H3. The van der Waals surface area contributed by atoms with Crippen molar-refractivity contribution in [2.24, 2.45) is 11.1 Å². The molecule has 1 saturated heterocycles. The van der Waals surface area contributed by atoms with Crippen LogP contribution in [0, 0.1) is 5.41 Å². The molecule has 1 aliphatic rings. The largest absolute Gasteiger partial charge is 0.367 e. The molecule has 1 fully saturated rings. The van der Waals surface area contributed by atoms with Crippen LogP contribution >= 0.6 is 0 Å². The van der Waals surface area contributed by atoms with Crippen molar-refractivity contribution in [2.45, 2.75) is 39.8 Å². The molecule has 0 saturated carbocycles. The van der Waals surface area contributed by atoms with Crippen LogP contribution in [0.25, 0.3) is 0 Å². The SMILES string of the molecule is CCN(Cc1ccccc1)c1ccc(C(=O)N2CCC(N)C(C)(C)C2)cc1. The van der Waals surface area contributed by atoms with Crippen molar-refractivity contribution in [1.82, 2.24) is 4.90 Å². The third kappa shape index (κ3) is 4.51. The van der Waals surface area contributed by atoms with Crippen LogP contribution in [0.5, 0.6) is 0 Å². The van der Waals surface area contributed by atoms with E-state index >= 15 is 0 Å². The van der Waals surface area contributed by atoms with Gasteiger partial charge >= 0.3 is 0 Å².